The molecule has 1 aromatic heterocycles. The second-order valence-electron chi connectivity index (χ2n) is 7.61. The zero-order valence-electron chi connectivity index (χ0n) is 17.2. The van der Waals surface area contributed by atoms with Gasteiger partial charge in [0.2, 0.25) is 5.91 Å². The Morgan fingerprint density at radius 1 is 0.969 bits per heavy atom. The number of primary amides is 1. The summed E-state index contributed by atoms with van der Waals surface area (Å²) < 4.78 is 8.29. The van der Waals surface area contributed by atoms with Crippen molar-refractivity contribution in [2.75, 3.05) is 0 Å². The summed E-state index contributed by atoms with van der Waals surface area (Å²) in [5, 5.41) is 2.19. The van der Waals surface area contributed by atoms with E-state index in [1.54, 1.807) is 12.1 Å². The second kappa shape index (κ2) is 8.40. The normalized spacial score (nSPS) is 11.2. The summed E-state index contributed by atoms with van der Waals surface area (Å²) in [6.45, 7) is 1.03. The van der Waals surface area contributed by atoms with Crippen LogP contribution in [0.4, 0.5) is 0 Å². The molecule has 4 nitrogen and oxygen atoms in total. The van der Waals surface area contributed by atoms with Crippen molar-refractivity contribution in [3.63, 3.8) is 0 Å². The number of hydrogen-bond acceptors (Lipinski definition) is 2. The molecular weight excluding hydrogens is 420 g/mol. The van der Waals surface area contributed by atoms with Gasteiger partial charge in [0.25, 0.3) is 0 Å². The van der Waals surface area contributed by atoms with Gasteiger partial charge in [-0.15, -0.1) is 0 Å². The highest BCUT2D eigenvalue weighted by molar-refractivity contribution is 6.31. The molecule has 0 atom stereocenters. The summed E-state index contributed by atoms with van der Waals surface area (Å²) in [5.74, 6) is 0.341. The lowest BCUT2D eigenvalue weighted by Gasteiger charge is -2.14. The number of rotatable bonds is 6. The van der Waals surface area contributed by atoms with Crippen LogP contribution in [0.1, 0.15) is 21.5 Å². The number of halogens is 1. The molecule has 1 radical (unpaired) electrons. The minimum Gasteiger partial charge on any atom is -0.489 e. The molecule has 0 aliphatic rings. The molecule has 0 fully saturated rings. The van der Waals surface area contributed by atoms with Gasteiger partial charge in [0.05, 0.1) is 17.6 Å². The number of aromatic nitrogens is 1. The van der Waals surface area contributed by atoms with Crippen molar-refractivity contribution in [2.45, 2.75) is 13.2 Å². The molecule has 157 valence electrons. The van der Waals surface area contributed by atoms with Crippen LogP contribution in [-0.2, 0) is 13.2 Å². The zero-order chi connectivity index (χ0) is 22.1. The first-order chi connectivity index (χ1) is 15.6. The summed E-state index contributed by atoms with van der Waals surface area (Å²) >= 11 is 6.31. The van der Waals surface area contributed by atoms with Crippen LogP contribution in [0.2, 0.25) is 5.02 Å². The van der Waals surface area contributed by atoms with E-state index in [1.807, 2.05) is 72.8 Å². The molecule has 0 saturated heterocycles. The number of benzene rings is 4. The smallest absolute Gasteiger partial charge is 0.249 e. The van der Waals surface area contributed by atoms with Crippen LogP contribution in [-0.4, -0.2) is 10.5 Å². The highest BCUT2D eigenvalue weighted by atomic mass is 35.5. The molecule has 0 aliphatic carbocycles. The first kappa shape index (κ1) is 20.2. The van der Waals surface area contributed by atoms with E-state index in [2.05, 4.69) is 10.6 Å². The molecule has 0 bridgehead atoms. The van der Waals surface area contributed by atoms with E-state index in [0.29, 0.717) is 23.7 Å². The van der Waals surface area contributed by atoms with Crippen molar-refractivity contribution in [1.82, 2.24) is 4.57 Å². The van der Waals surface area contributed by atoms with Gasteiger partial charge in [0.1, 0.15) is 12.4 Å². The van der Waals surface area contributed by atoms with Crippen LogP contribution in [0.5, 0.6) is 5.75 Å². The molecule has 5 aromatic rings. The largest absolute Gasteiger partial charge is 0.489 e. The van der Waals surface area contributed by atoms with Gasteiger partial charge in [-0.05, 0) is 42.0 Å². The van der Waals surface area contributed by atoms with Crippen LogP contribution in [0.15, 0.2) is 84.9 Å². The SMILES string of the molecule is NC(=O)c1cccc2c1c1[c]cc(Cl)cc1n2Cc1ccccc1OCc1ccccc1. The molecule has 5 heteroatoms. The van der Waals surface area contributed by atoms with Crippen molar-refractivity contribution in [2.24, 2.45) is 5.73 Å². The number of ether oxygens (including phenoxy) is 1. The van der Waals surface area contributed by atoms with Gasteiger partial charge in [-0.2, -0.15) is 0 Å². The lowest BCUT2D eigenvalue weighted by Crippen LogP contribution is -2.11. The van der Waals surface area contributed by atoms with Gasteiger partial charge < -0.3 is 15.0 Å². The first-order valence-corrected chi connectivity index (χ1v) is 10.7. The van der Waals surface area contributed by atoms with Gasteiger partial charge >= 0.3 is 0 Å². The van der Waals surface area contributed by atoms with Crippen molar-refractivity contribution in [1.29, 1.82) is 0 Å². The van der Waals surface area contributed by atoms with E-state index < -0.39 is 5.91 Å². The molecule has 4 aromatic carbocycles. The van der Waals surface area contributed by atoms with Crippen LogP contribution >= 0.6 is 11.6 Å². The summed E-state index contributed by atoms with van der Waals surface area (Å²) in [7, 11) is 0. The van der Waals surface area contributed by atoms with Crippen LogP contribution in [0, 0.1) is 6.07 Å². The Balaban J connectivity index is 1.61. The molecular formula is C27H20ClN2O2. The lowest BCUT2D eigenvalue weighted by atomic mass is 10.1. The predicted octanol–water partition coefficient (Wildman–Crippen LogP) is 5.97. The van der Waals surface area contributed by atoms with Gasteiger partial charge in [0, 0.05) is 26.9 Å². The second-order valence-corrected chi connectivity index (χ2v) is 8.05. The van der Waals surface area contributed by atoms with Gasteiger partial charge in [-0.3, -0.25) is 4.79 Å². The molecule has 0 saturated carbocycles. The Labute approximate surface area is 190 Å². The summed E-state index contributed by atoms with van der Waals surface area (Å²) in [5.41, 5.74) is 10.1. The third-order valence-electron chi connectivity index (χ3n) is 5.56. The van der Waals surface area contributed by atoms with Crippen molar-refractivity contribution in [3.05, 3.63) is 113 Å². The maximum absolute atomic E-state index is 12.1. The number of para-hydroxylation sites is 1. The Hall–Kier alpha value is -3.76. The van der Waals surface area contributed by atoms with E-state index in [4.69, 9.17) is 22.1 Å². The number of nitrogens with two attached hydrogens (primary N) is 1. The molecule has 1 amide bonds. The minimum absolute atomic E-state index is 0.468. The number of nitrogens with zero attached hydrogens (tertiary/aromatic N) is 1. The Bertz CT molecular complexity index is 1440. The predicted molar refractivity (Wildman–Crippen MR) is 128 cm³/mol. The van der Waals surface area contributed by atoms with Gasteiger partial charge in [0.15, 0.2) is 0 Å². The monoisotopic (exact) mass is 439 g/mol. The molecule has 1 heterocycles. The number of hydrogen-bond donors (Lipinski definition) is 1. The fourth-order valence-electron chi connectivity index (χ4n) is 4.09. The minimum atomic E-state index is -0.468. The highest BCUT2D eigenvalue weighted by Gasteiger charge is 2.18. The third-order valence-corrected chi connectivity index (χ3v) is 5.78. The van der Waals surface area contributed by atoms with Crippen molar-refractivity contribution in [3.8, 4) is 5.75 Å². The molecule has 2 N–H and O–H groups in total. The quantitative estimate of drug-likeness (QED) is 0.354. The molecule has 5 rings (SSSR count). The van der Waals surface area contributed by atoms with Crippen LogP contribution in [0.25, 0.3) is 21.8 Å². The third kappa shape index (κ3) is 3.70. The lowest BCUT2D eigenvalue weighted by molar-refractivity contribution is 0.100. The first-order valence-electron chi connectivity index (χ1n) is 10.3. The fourth-order valence-corrected chi connectivity index (χ4v) is 4.24. The number of carbonyl (C=O) groups excluding carboxylic acids is 1. The van der Waals surface area contributed by atoms with Crippen LogP contribution in [0.3, 0.4) is 0 Å². The van der Waals surface area contributed by atoms with Gasteiger partial charge in [-0.25, -0.2) is 0 Å². The fraction of sp³-hybridized carbons (Fsp3) is 0.0741. The maximum Gasteiger partial charge on any atom is 0.249 e. The number of carbonyl (C=O) groups is 1. The van der Waals surface area contributed by atoms with E-state index >= 15 is 0 Å². The summed E-state index contributed by atoms with van der Waals surface area (Å²) in [4.78, 5) is 12.1. The van der Waals surface area contributed by atoms with Crippen molar-refractivity contribution >= 4 is 39.3 Å². The van der Waals surface area contributed by atoms with Crippen LogP contribution < -0.4 is 10.5 Å². The molecule has 0 spiro atoms. The Morgan fingerprint density at radius 2 is 1.75 bits per heavy atom. The average molecular weight is 440 g/mol. The van der Waals surface area contributed by atoms with E-state index in [0.717, 1.165) is 38.7 Å². The molecule has 0 aliphatic heterocycles. The van der Waals surface area contributed by atoms with E-state index in [1.165, 1.54) is 0 Å². The summed E-state index contributed by atoms with van der Waals surface area (Å²) in [6, 6.07) is 30.5. The maximum atomic E-state index is 12.1. The van der Waals surface area contributed by atoms with Crippen molar-refractivity contribution < 1.29 is 9.53 Å². The molecule has 32 heavy (non-hydrogen) atoms. The van der Waals surface area contributed by atoms with E-state index in [9.17, 15) is 4.79 Å². The standard InChI is InChI=1S/C27H20ClN2O2/c28-20-13-14-21-24(15-20)30(23-11-6-10-22(26(21)23)27(29)31)16-19-9-4-5-12-25(19)32-17-18-7-2-1-3-8-18/h1-13,15H,16-17H2,(H2,29,31). The number of amides is 1. The Morgan fingerprint density at radius 3 is 2.56 bits per heavy atom. The van der Waals surface area contributed by atoms with Gasteiger partial charge in [-0.1, -0.05) is 66.2 Å². The summed E-state index contributed by atoms with van der Waals surface area (Å²) in [6.07, 6.45) is 0. The van der Waals surface area contributed by atoms with E-state index in [-0.39, 0.29) is 0 Å². The zero-order valence-corrected chi connectivity index (χ0v) is 18.0. The number of fused-ring (bicyclic) bond motifs is 3. The average Bonchev–Trinajstić information content (AvgIpc) is 3.12. The Kier molecular flexibility index (Phi) is 5.29. The molecule has 0 unspecified atom stereocenters. The highest BCUT2D eigenvalue weighted by Crippen LogP contribution is 2.34. The topological polar surface area (TPSA) is 57.2 Å².